The van der Waals surface area contributed by atoms with E-state index in [2.05, 4.69) is 0 Å². The molecule has 0 aliphatic rings. The van der Waals surface area contributed by atoms with Gasteiger partial charge in [0.2, 0.25) is 0 Å². The third kappa shape index (κ3) is 6.80. The molecule has 0 aromatic carbocycles. The van der Waals surface area contributed by atoms with Gasteiger partial charge in [-0.05, 0) is 0 Å². The maximum absolute atomic E-state index is 7.43. The van der Waals surface area contributed by atoms with Gasteiger partial charge in [-0.2, -0.15) is 0 Å². The van der Waals surface area contributed by atoms with E-state index in [1.54, 1.807) is 6.92 Å². The van der Waals surface area contributed by atoms with Gasteiger partial charge in [-0.3, -0.25) is 0 Å². The number of rotatable bonds is 3. The van der Waals surface area contributed by atoms with Crippen LogP contribution >= 0.6 is 0 Å². The zero-order valence-corrected chi connectivity index (χ0v) is 7.98. The summed E-state index contributed by atoms with van der Waals surface area (Å²) in [5.74, 6) is 0. The van der Waals surface area contributed by atoms with Crippen LogP contribution in [0.3, 0.4) is 0 Å². The minimum atomic E-state index is -5.34. The molecule has 0 saturated carbocycles. The molecule has 0 bridgehead atoms. The van der Waals surface area contributed by atoms with Crippen molar-refractivity contribution in [3.05, 3.63) is 0 Å². The van der Waals surface area contributed by atoms with Gasteiger partial charge in [-0.15, -0.1) is 0 Å². The molecule has 0 fully saturated rings. The van der Waals surface area contributed by atoms with Gasteiger partial charge in [0.05, 0.1) is 0 Å². The minimum absolute atomic E-state index is 0.144. The van der Waals surface area contributed by atoms with Crippen LogP contribution in [0.2, 0.25) is 19.0 Å². The molecule has 1 heteroatoms. The summed E-state index contributed by atoms with van der Waals surface area (Å²) in [6.45, 7) is 1.79. The first-order valence-corrected chi connectivity index (χ1v) is 9.11. The van der Waals surface area contributed by atoms with Crippen LogP contribution in [0, 0.1) is 0 Å². The molecule has 0 N–H and O–H groups in total. The van der Waals surface area contributed by atoms with Crippen LogP contribution in [0.15, 0.2) is 0 Å². The van der Waals surface area contributed by atoms with E-state index in [0.29, 0.717) is 12.8 Å². The predicted molar refractivity (Wildman–Crippen MR) is 43.1 cm³/mol. The third-order valence-electron chi connectivity index (χ3n) is 0.905. The van der Waals surface area contributed by atoms with Crippen molar-refractivity contribution in [1.29, 1.82) is 0 Å². The molecule has 8 heavy (non-hydrogen) atoms. The SMILES string of the molecule is [2H][C]([2H])([2H])[Sn]([CH2]CCC)([C]([2H])([2H])[2H])[C]([2H])([2H])[2H]. The topological polar surface area (TPSA) is 0 Å². The van der Waals surface area contributed by atoms with Crippen LogP contribution in [0.4, 0.5) is 0 Å². The summed E-state index contributed by atoms with van der Waals surface area (Å²) >= 11 is -5.34. The van der Waals surface area contributed by atoms with Crippen molar-refractivity contribution in [2.75, 3.05) is 0 Å². The predicted octanol–water partition coefficient (Wildman–Crippen LogP) is 3.12. The molecule has 0 aromatic rings. The fourth-order valence-electron chi connectivity index (χ4n) is 0.442. The molecule has 50 valence electrons. The number of unbranched alkanes of at least 4 members (excludes halogenated alkanes) is 1. The van der Waals surface area contributed by atoms with Crippen molar-refractivity contribution in [3.8, 4) is 0 Å². The van der Waals surface area contributed by atoms with E-state index in [4.69, 9.17) is 12.3 Å². The molecule has 0 aliphatic heterocycles. The quantitative estimate of drug-likeness (QED) is 0.653. The van der Waals surface area contributed by atoms with Gasteiger partial charge in [0, 0.05) is 0 Å². The van der Waals surface area contributed by atoms with E-state index < -0.39 is 33.0 Å². The van der Waals surface area contributed by atoms with Crippen molar-refractivity contribution in [3.63, 3.8) is 0 Å². The standard InChI is InChI=1S/C4H9.3CH3.Sn/c1-3-4-2;;;;/h1,3-4H2,2H3;3*1H3;/i;3*1D3;. The van der Waals surface area contributed by atoms with Gasteiger partial charge >= 0.3 is 69.5 Å². The van der Waals surface area contributed by atoms with Crippen LogP contribution in [0.5, 0.6) is 0 Å². The molecule has 0 saturated heterocycles. The van der Waals surface area contributed by atoms with E-state index >= 15 is 0 Å². The van der Waals surface area contributed by atoms with Gasteiger partial charge in [0.1, 0.15) is 0 Å². The van der Waals surface area contributed by atoms with Crippen molar-refractivity contribution in [2.24, 2.45) is 0 Å². The van der Waals surface area contributed by atoms with E-state index in [1.807, 2.05) is 0 Å². The molecular formula is C7H18Sn. The number of hydrogen-bond acceptors (Lipinski definition) is 0. The molecule has 0 amide bonds. The average Bonchev–Trinajstić information content (AvgIpc) is 1.96. The van der Waals surface area contributed by atoms with Crippen LogP contribution in [0.1, 0.15) is 32.1 Å². The Labute approximate surface area is 70.2 Å². The Morgan fingerprint density at radius 3 is 2.38 bits per heavy atom. The fourth-order valence-corrected chi connectivity index (χ4v) is 2.96. The van der Waals surface area contributed by atoms with E-state index in [0.717, 1.165) is 0 Å². The number of hydrogen-bond donors (Lipinski definition) is 0. The summed E-state index contributed by atoms with van der Waals surface area (Å²) in [7, 11) is 0. The van der Waals surface area contributed by atoms with Crippen molar-refractivity contribution < 1.29 is 12.3 Å². The van der Waals surface area contributed by atoms with Gasteiger partial charge in [0.25, 0.3) is 0 Å². The second kappa shape index (κ2) is 3.75. The second-order valence-corrected chi connectivity index (χ2v) is 8.60. The molecule has 0 nitrogen and oxygen atoms in total. The van der Waals surface area contributed by atoms with Crippen molar-refractivity contribution in [2.45, 2.75) is 38.8 Å². The molecule has 0 atom stereocenters. The molecule has 0 spiro atoms. The van der Waals surface area contributed by atoms with Crippen molar-refractivity contribution >= 4 is 18.4 Å². The van der Waals surface area contributed by atoms with E-state index in [9.17, 15) is 0 Å². The molecule has 0 aromatic heterocycles. The zero-order chi connectivity index (χ0) is 14.1. The first-order chi connectivity index (χ1) is 7.31. The Morgan fingerprint density at radius 1 is 1.38 bits per heavy atom. The van der Waals surface area contributed by atoms with E-state index in [1.165, 1.54) is 0 Å². The second-order valence-electron chi connectivity index (χ2n) is 2.01. The summed E-state index contributed by atoms with van der Waals surface area (Å²) in [5, 5.41) is 0. The summed E-state index contributed by atoms with van der Waals surface area (Å²) in [4.78, 5) is -8.50. The Morgan fingerprint density at radius 2 is 2.00 bits per heavy atom. The Hall–Kier alpha value is 0.799. The summed E-state index contributed by atoms with van der Waals surface area (Å²) in [5.41, 5.74) is 0. The zero-order valence-electron chi connectivity index (χ0n) is 14.1. The molecule has 0 radical (unpaired) electrons. The summed E-state index contributed by atoms with van der Waals surface area (Å²) < 4.78 is 66.8. The first-order valence-electron chi connectivity index (χ1n) is 7.31. The Kier molecular flexibility index (Phi) is 0.890. The molecular weight excluding hydrogens is 203 g/mol. The fraction of sp³-hybridized carbons (Fsp3) is 1.00. The maximum atomic E-state index is 7.43. The molecule has 0 aliphatic carbocycles. The summed E-state index contributed by atoms with van der Waals surface area (Å²) in [6.07, 6.45) is 0.951. The van der Waals surface area contributed by atoms with Crippen molar-refractivity contribution in [1.82, 2.24) is 0 Å². The summed E-state index contributed by atoms with van der Waals surface area (Å²) in [6, 6.07) is 0. The van der Waals surface area contributed by atoms with Gasteiger partial charge in [-0.1, -0.05) is 0 Å². The average molecular weight is 230 g/mol. The Bertz CT molecular complexity index is 212. The molecule has 0 heterocycles. The van der Waals surface area contributed by atoms with Gasteiger partial charge in [0.15, 0.2) is 0 Å². The van der Waals surface area contributed by atoms with Crippen LogP contribution in [-0.2, 0) is 0 Å². The van der Waals surface area contributed by atoms with Gasteiger partial charge in [-0.25, -0.2) is 0 Å². The third-order valence-corrected chi connectivity index (χ3v) is 4.05. The molecule has 0 unspecified atom stereocenters. The van der Waals surface area contributed by atoms with Crippen LogP contribution in [0.25, 0.3) is 0 Å². The van der Waals surface area contributed by atoms with Gasteiger partial charge < -0.3 is 0 Å². The van der Waals surface area contributed by atoms with Crippen LogP contribution < -0.4 is 0 Å². The van der Waals surface area contributed by atoms with E-state index in [-0.39, 0.29) is 4.44 Å². The molecule has 0 rings (SSSR count). The Balaban J connectivity index is 5.75. The first kappa shape index (κ1) is 1.90. The normalized spacial score (nSPS) is 33.4. The van der Waals surface area contributed by atoms with Crippen LogP contribution in [-0.4, -0.2) is 18.4 Å². The monoisotopic (exact) mass is 231 g/mol.